The third-order valence-electron chi connectivity index (χ3n) is 6.15. The highest BCUT2D eigenvalue weighted by atomic mass is 79.9. The number of halogens is 2. The smallest absolute Gasteiger partial charge is 0.258 e. The lowest BCUT2D eigenvalue weighted by atomic mass is 9.92. The molecule has 0 aliphatic carbocycles. The summed E-state index contributed by atoms with van der Waals surface area (Å²) in [5, 5.41) is 2.52. The highest BCUT2D eigenvalue weighted by Crippen LogP contribution is 2.38. The number of H-pyrrole nitrogens is 1. The first-order valence-electron chi connectivity index (χ1n) is 11.2. The minimum atomic E-state index is -0.182. The van der Waals surface area contributed by atoms with Gasteiger partial charge in [0.15, 0.2) is 0 Å². The predicted octanol–water partition coefficient (Wildman–Crippen LogP) is 8.49. The first-order chi connectivity index (χ1) is 17.1. The summed E-state index contributed by atoms with van der Waals surface area (Å²) in [6, 6.07) is 33.6. The average molecular weight is 538 g/mol. The lowest BCUT2D eigenvalue weighted by Crippen LogP contribution is -2.12. The number of hydrogen-bond acceptors (Lipinski definition) is 2. The van der Waals surface area contributed by atoms with Crippen molar-refractivity contribution in [2.24, 2.45) is 0 Å². The maximum Gasteiger partial charge on any atom is 0.258 e. The van der Waals surface area contributed by atoms with Gasteiger partial charge in [0.05, 0.1) is 16.8 Å². The van der Waals surface area contributed by atoms with E-state index in [4.69, 9.17) is 16.6 Å². The minimum absolute atomic E-state index is 0.182. The molecule has 1 N–H and O–H groups in total. The molecular formula is C30H18BrClN2O. The first kappa shape index (κ1) is 21.8. The van der Waals surface area contributed by atoms with E-state index in [2.05, 4.69) is 33.0 Å². The second-order valence-electron chi connectivity index (χ2n) is 8.34. The monoisotopic (exact) mass is 536 g/mol. The number of benzene rings is 4. The van der Waals surface area contributed by atoms with Gasteiger partial charge in [0, 0.05) is 31.3 Å². The van der Waals surface area contributed by atoms with Crippen molar-refractivity contribution in [2.45, 2.75) is 0 Å². The molecule has 0 spiro atoms. The molecule has 0 aliphatic rings. The van der Waals surface area contributed by atoms with Gasteiger partial charge in [-0.15, -0.1) is 0 Å². The van der Waals surface area contributed by atoms with Gasteiger partial charge < -0.3 is 4.98 Å². The molecule has 0 unspecified atom stereocenters. The molecule has 2 aromatic heterocycles. The average Bonchev–Trinajstić information content (AvgIpc) is 2.88. The molecule has 0 amide bonds. The van der Waals surface area contributed by atoms with Crippen LogP contribution in [0.15, 0.2) is 112 Å². The van der Waals surface area contributed by atoms with E-state index in [1.807, 2.05) is 91.0 Å². The van der Waals surface area contributed by atoms with E-state index in [-0.39, 0.29) is 5.56 Å². The Morgan fingerprint density at radius 2 is 1.43 bits per heavy atom. The highest BCUT2D eigenvalue weighted by Gasteiger charge is 2.20. The fourth-order valence-electron chi connectivity index (χ4n) is 4.60. The Kier molecular flexibility index (Phi) is 5.48. The fourth-order valence-corrected chi connectivity index (χ4v) is 5.13. The largest absolute Gasteiger partial charge is 0.321 e. The Hall–Kier alpha value is -3.73. The topological polar surface area (TPSA) is 45.8 Å². The van der Waals surface area contributed by atoms with E-state index >= 15 is 0 Å². The molecule has 0 atom stereocenters. The van der Waals surface area contributed by atoms with Crippen LogP contribution in [0.1, 0.15) is 0 Å². The Morgan fingerprint density at radius 3 is 2.17 bits per heavy atom. The molecule has 6 rings (SSSR count). The van der Waals surface area contributed by atoms with Crippen LogP contribution >= 0.6 is 27.5 Å². The molecule has 0 aliphatic heterocycles. The van der Waals surface area contributed by atoms with Crippen molar-refractivity contribution in [3.8, 4) is 33.5 Å². The van der Waals surface area contributed by atoms with E-state index in [0.717, 1.165) is 48.5 Å². The maximum atomic E-state index is 13.6. The number of hydrogen-bond donors (Lipinski definition) is 1. The Bertz CT molecular complexity index is 1780. The zero-order valence-electron chi connectivity index (χ0n) is 18.4. The summed E-state index contributed by atoms with van der Waals surface area (Å²) in [4.78, 5) is 21.7. The van der Waals surface area contributed by atoms with E-state index in [1.165, 1.54) is 0 Å². The molecule has 0 saturated heterocycles. The fraction of sp³-hybridized carbons (Fsp3) is 0. The van der Waals surface area contributed by atoms with Crippen LogP contribution in [-0.4, -0.2) is 9.97 Å². The first-order valence-corrected chi connectivity index (χ1v) is 12.3. The third kappa shape index (κ3) is 3.95. The summed E-state index contributed by atoms with van der Waals surface area (Å²) in [6.07, 6.45) is 0. The predicted molar refractivity (Wildman–Crippen MR) is 149 cm³/mol. The minimum Gasteiger partial charge on any atom is -0.321 e. The molecular weight excluding hydrogens is 520 g/mol. The zero-order valence-corrected chi connectivity index (χ0v) is 20.8. The van der Waals surface area contributed by atoms with Gasteiger partial charge in [-0.1, -0.05) is 88.2 Å². The zero-order chi connectivity index (χ0) is 23.9. The second kappa shape index (κ2) is 8.81. The van der Waals surface area contributed by atoms with Crippen molar-refractivity contribution in [2.75, 3.05) is 0 Å². The van der Waals surface area contributed by atoms with Crippen molar-refractivity contribution in [1.29, 1.82) is 0 Å². The highest BCUT2D eigenvalue weighted by molar-refractivity contribution is 9.10. The molecule has 6 aromatic rings. The van der Waals surface area contributed by atoms with Gasteiger partial charge >= 0.3 is 0 Å². The number of rotatable bonds is 3. The standard InChI is InChI=1S/C30H18BrClN2O/c31-20-11-13-26-24(15-20)28(19-9-5-2-6-10-19)29(30(35)34-26)27-17-22(18-7-3-1-4-8-18)23-16-21(32)12-14-25(23)33-27/h1-17H,(H,34,35). The van der Waals surface area contributed by atoms with Crippen molar-refractivity contribution >= 4 is 49.3 Å². The molecule has 5 heteroatoms. The molecule has 3 nitrogen and oxygen atoms in total. The summed E-state index contributed by atoms with van der Waals surface area (Å²) >= 11 is 9.96. The summed E-state index contributed by atoms with van der Waals surface area (Å²) in [5.41, 5.74) is 6.33. The molecule has 0 fully saturated rings. The molecule has 2 heterocycles. The number of aromatic nitrogens is 2. The molecule has 0 saturated carbocycles. The SMILES string of the molecule is O=c1[nH]c2ccc(Br)cc2c(-c2ccccc2)c1-c1cc(-c2ccccc2)c2cc(Cl)ccc2n1. The van der Waals surface area contributed by atoms with E-state index in [9.17, 15) is 4.79 Å². The number of pyridine rings is 2. The van der Waals surface area contributed by atoms with Gasteiger partial charge in [0.25, 0.3) is 5.56 Å². The lowest BCUT2D eigenvalue weighted by molar-refractivity contribution is 1.28. The Morgan fingerprint density at radius 1 is 0.714 bits per heavy atom. The molecule has 4 aromatic carbocycles. The van der Waals surface area contributed by atoms with Gasteiger partial charge in [-0.2, -0.15) is 0 Å². The normalized spacial score (nSPS) is 11.3. The number of fused-ring (bicyclic) bond motifs is 2. The second-order valence-corrected chi connectivity index (χ2v) is 9.69. The van der Waals surface area contributed by atoms with Gasteiger partial charge in [0.1, 0.15) is 0 Å². The van der Waals surface area contributed by atoms with Crippen molar-refractivity contribution in [3.05, 3.63) is 123 Å². The van der Waals surface area contributed by atoms with E-state index in [1.54, 1.807) is 0 Å². The molecule has 0 bridgehead atoms. The van der Waals surface area contributed by atoms with Crippen LogP contribution in [0.2, 0.25) is 5.02 Å². The van der Waals surface area contributed by atoms with Crippen LogP contribution in [0.5, 0.6) is 0 Å². The van der Waals surface area contributed by atoms with Gasteiger partial charge in [-0.05, 0) is 59.2 Å². The van der Waals surface area contributed by atoms with Crippen LogP contribution in [0.25, 0.3) is 55.3 Å². The maximum absolute atomic E-state index is 13.6. The summed E-state index contributed by atoms with van der Waals surface area (Å²) in [6.45, 7) is 0. The van der Waals surface area contributed by atoms with Crippen molar-refractivity contribution in [1.82, 2.24) is 9.97 Å². The van der Waals surface area contributed by atoms with E-state index < -0.39 is 0 Å². The lowest BCUT2D eigenvalue weighted by Gasteiger charge is -2.15. The molecule has 0 radical (unpaired) electrons. The van der Waals surface area contributed by atoms with Crippen LogP contribution in [0, 0.1) is 0 Å². The quantitative estimate of drug-likeness (QED) is 0.246. The Labute approximate surface area is 215 Å². The van der Waals surface area contributed by atoms with Gasteiger partial charge in [0.2, 0.25) is 0 Å². The van der Waals surface area contributed by atoms with E-state index in [0.29, 0.717) is 16.3 Å². The van der Waals surface area contributed by atoms with Gasteiger partial charge in [-0.3, -0.25) is 4.79 Å². The summed E-state index contributed by atoms with van der Waals surface area (Å²) in [7, 11) is 0. The van der Waals surface area contributed by atoms with Crippen LogP contribution in [-0.2, 0) is 0 Å². The number of aromatic amines is 1. The third-order valence-corrected chi connectivity index (χ3v) is 6.88. The van der Waals surface area contributed by atoms with Crippen LogP contribution < -0.4 is 5.56 Å². The van der Waals surface area contributed by atoms with Crippen molar-refractivity contribution < 1.29 is 0 Å². The van der Waals surface area contributed by atoms with Crippen LogP contribution in [0.4, 0.5) is 0 Å². The molecule has 35 heavy (non-hydrogen) atoms. The number of nitrogens with zero attached hydrogens (tertiary/aromatic N) is 1. The van der Waals surface area contributed by atoms with Gasteiger partial charge in [-0.25, -0.2) is 4.98 Å². The summed E-state index contributed by atoms with van der Waals surface area (Å²) in [5.74, 6) is 0. The van der Waals surface area contributed by atoms with Crippen LogP contribution in [0.3, 0.4) is 0 Å². The molecule has 168 valence electrons. The van der Waals surface area contributed by atoms with Crippen molar-refractivity contribution in [3.63, 3.8) is 0 Å². The number of nitrogens with one attached hydrogen (secondary N) is 1. The Balaban J connectivity index is 1.76. The summed E-state index contributed by atoms with van der Waals surface area (Å²) < 4.78 is 0.936.